The van der Waals surface area contributed by atoms with Crippen molar-refractivity contribution < 1.29 is 14.3 Å². The minimum Gasteiger partial charge on any atom is -0.377 e. The standard InChI is InChI=1S/C18H18N2O3/c19-18(22)16-12-23-10-9-20(16)17(21)8-6-13-5-7-14-3-1-2-4-15(14)11-13/h1-8,11,16H,9-10,12H2,(H2,19,22)/b8-6+. The van der Waals surface area contributed by atoms with Crippen molar-refractivity contribution in [3.8, 4) is 0 Å². The molecule has 0 saturated carbocycles. The molecule has 1 aliphatic rings. The molecule has 2 aromatic rings. The SMILES string of the molecule is NC(=O)C1COCCN1C(=O)/C=C/c1ccc2ccccc2c1. The van der Waals surface area contributed by atoms with E-state index in [-0.39, 0.29) is 12.5 Å². The molecule has 0 aliphatic carbocycles. The predicted molar refractivity (Wildman–Crippen MR) is 88.5 cm³/mol. The lowest BCUT2D eigenvalue weighted by molar-refractivity contribution is -0.143. The zero-order chi connectivity index (χ0) is 16.2. The van der Waals surface area contributed by atoms with Crippen LogP contribution in [-0.4, -0.2) is 42.5 Å². The van der Waals surface area contributed by atoms with E-state index in [1.54, 1.807) is 6.08 Å². The molecular formula is C18H18N2O3. The maximum absolute atomic E-state index is 12.3. The van der Waals surface area contributed by atoms with Crippen LogP contribution < -0.4 is 5.73 Å². The quantitative estimate of drug-likeness (QED) is 0.875. The highest BCUT2D eigenvalue weighted by atomic mass is 16.5. The molecule has 1 saturated heterocycles. The van der Waals surface area contributed by atoms with E-state index in [4.69, 9.17) is 10.5 Å². The number of carbonyl (C=O) groups excluding carboxylic acids is 2. The summed E-state index contributed by atoms with van der Waals surface area (Å²) in [6.07, 6.45) is 3.23. The van der Waals surface area contributed by atoms with Gasteiger partial charge in [0.15, 0.2) is 0 Å². The summed E-state index contributed by atoms with van der Waals surface area (Å²) in [6.45, 7) is 0.943. The van der Waals surface area contributed by atoms with Crippen molar-refractivity contribution in [2.45, 2.75) is 6.04 Å². The van der Waals surface area contributed by atoms with Crippen molar-refractivity contribution in [3.63, 3.8) is 0 Å². The Hall–Kier alpha value is -2.66. The lowest BCUT2D eigenvalue weighted by Crippen LogP contribution is -2.54. The average molecular weight is 310 g/mol. The van der Waals surface area contributed by atoms with Gasteiger partial charge < -0.3 is 15.4 Å². The summed E-state index contributed by atoms with van der Waals surface area (Å²) in [6, 6.07) is 13.3. The molecule has 1 heterocycles. The van der Waals surface area contributed by atoms with Gasteiger partial charge >= 0.3 is 0 Å². The Morgan fingerprint density at radius 1 is 1.17 bits per heavy atom. The Morgan fingerprint density at radius 2 is 1.96 bits per heavy atom. The third-order valence-electron chi connectivity index (χ3n) is 3.93. The average Bonchev–Trinajstić information content (AvgIpc) is 2.59. The molecule has 118 valence electrons. The summed E-state index contributed by atoms with van der Waals surface area (Å²) in [5, 5.41) is 2.27. The Balaban J connectivity index is 1.77. The minimum atomic E-state index is -0.697. The van der Waals surface area contributed by atoms with E-state index in [0.29, 0.717) is 13.2 Å². The van der Waals surface area contributed by atoms with Gasteiger partial charge in [0.1, 0.15) is 6.04 Å². The first-order valence-corrected chi connectivity index (χ1v) is 7.50. The molecule has 5 heteroatoms. The van der Waals surface area contributed by atoms with Crippen molar-refractivity contribution in [3.05, 3.63) is 54.1 Å². The number of nitrogens with two attached hydrogens (primary N) is 1. The van der Waals surface area contributed by atoms with Crippen LogP contribution in [0.25, 0.3) is 16.8 Å². The van der Waals surface area contributed by atoms with Crippen LogP contribution in [0.1, 0.15) is 5.56 Å². The lowest BCUT2D eigenvalue weighted by atomic mass is 10.1. The monoisotopic (exact) mass is 310 g/mol. The largest absolute Gasteiger partial charge is 0.377 e. The van der Waals surface area contributed by atoms with Crippen LogP contribution in [0, 0.1) is 0 Å². The third kappa shape index (κ3) is 3.40. The summed E-state index contributed by atoms with van der Waals surface area (Å²) >= 11 is 0. The van der Waals surface area contributed by atoms with Crippen LogP contribution in [-0.2, 0) is 14.3 Å². The van der Waals surface area contributed by atoms with Crippen LogP contribution in [0.4, 0.5) is 0 Å². The summed E-state index contributed by atoms with van der Waals surface area (Å²) in [7, 11) is 0. The van der Waals surface area contributed by atoms with Crippen LogP contribution in [0.5, 0.6) is 0 Å². The lowest BCUT2D eigenvalue weighted by Gasteiger charge is -2.32. The molecule has 0 aromatic heterocycles. The number of amides is 2. The van der Waals surface area contributed by atoms with Gasteiger partial charge in [0.05, 0.1) is 13.2 Å². The first-order chi connectivity index (χ1) is 11.1. The Bertz CT molecular complexity index is 770. The van der Waals surface area contributed by atoms with Gasteiger partial charge in [-0.25, -0.2) is 0 Å². The fourth-order valence-electron chi connectivity index (χ4n) is 2.68. The summed E-state index contributed by atoms with van der Waals surface area (Å²) in [5.74, 6) is -0.776. The normalized spacial score (nSPS) is 18.4. The Morgan fingerprint density at radius 3 is 2.74 bits per heavy atom. The van der Waals surface area contributed by atoms with Gasteiger partial charge in [0, 0.05) is 12.6 Å². The molecule has 23 heavy (non-hydrogen) atoms. The number of fused-ring (bicyclic) bond motifs is 1. The predicted octanol–water partition coefficient (Wildman–Crippen LogP) is 1.57. The Labute approximate surface area is 134 Å². The van der Waals surface area contributed by atoms with Crippen molar-refractivity contribution in [2.75, 3.05) is 19.8 Å². The molecule has 2 aromatic carbocycles. The van der Waals surface area contributed by atoms with Gasteiger partial charge in [0.2, 0.25) is 11.8 Å². The molecule has 1 fully saturated rings. The van der Waals surface area contributed by atoms with Gasteiger partial charge in [0.25, 0.3) is 0 Å². The van der Waals surface area contributed by atoms with E-state index >= 15 is 0 Å². The smallest absolute Gasteiger partial charge is 0.247 e. The maximum atomic E-state index is 12.3. The van der Waals surface area contributed by atoms with Gasteiger partial charge in [-0.3, -0.25) is 9.59 Å². The number of rotatable bonds is 3. The van der Waals surface area contributed by atoms with Crippen molar-refractivity contribution in [2.24, 2.45) is 5.73 Å². The molecule has 0 bridgehead atoms. The Kier molecular flexibility index (Phi) is 4.39. The molecule has 0 radical (unpaired) electrons. The van der Waals surface area contributed by atoms with Gasteiger partial charge in [-0.05, 0) is 28.5 Å². The number of ether oxygens (including phenoxy) is 1. The number of benzene rings is 2. The van der Waals surface area contributed by atoms with Crippen molar-refractivity contribution in [1.29, 1.82) is 0 Å². The second-order valence-electron chi connectivity index (χ2n) is 5.46. The highest BCUT2D eigenvalue weighted by Crippen LogP contribution is 2.17. The van der Waals surface area contributed by atoms with Crippen molar-refractivity contribution >= 4 is 28.7 Å². The molecule has 1 atom stereocenters. The number of carbonyl (C=O) groups is 2. The second kappa shape index (κ2) is 6.62. The topological polar surface area (TPSA) is 72.6 Å². The number of hydrogen-bond donors (Lipinski definition) is 1. The second-order valence-corrected chi connectivity index (χ2v) is 5.46. The first-order valence-electron chi connectivity index (χ1n) is 7.50. The molecular weight excluding hydrogens is 292 g/mol. The summed E-state index contributed by atoms with van der Waals surface area (Å²) in [5.41, 5.74) is 6.26. The highest BCUT2D eigenvalue weighted by molar-refractivity contribution is 5.96. The summed E-state index contributed by atoms with van der Waals surface area (Å²) < 4.78 is 5.22. The fraction of sp³-hybridized carbons (Fsp3) is 0.222. The minimum absolute atomic E-state index is 0.158. The molecule has 1 unspecified atom stereocenters. The van der Waals surface area contributed by atoms with E-state index in [2.05, 4.69) is 0 Å². The molecule has 2 amide bonds. The zero-order valence-corrected chi connectivity index (χ0v) is 12.6. The molecule has 1 aliphatic heterocycles. The fourth-order valence-corrected chi connectivity index (χ4v) is 2.68. The summed E-state index contributed by atoms with van der Waals surface area (Å²) in [4.78, 5) is 25.2. The van der Waals surface area contributed by atoms with E-state index in [1.165, 1.54) is 11.0 Å². The molecule has 3 rings (SSSR count). The van der Waals surface area contributed by atoms with Gasteiger partial charge in [-0.2, -0.15) is 0 Å². The van der Waals surface area contributed by atoms with E-state index in [1.807, 2.05) is 42.5 Å². The van der Waals surface area contributed by atoms with Crippen LogP contribution in [0.3, 0.4) is 0 Å². The first kappa shape index (κ1) is 15.2. The number of morpholine rings is 1. The van der Waals surface area contributed by atoms with Gasteiger partial charge in [-0.1, -0.05) is 36.4 Å². The molecule has 2 N–H and O–H groups in total. The maximum Gasteiger partial charge on any atom is 0.247 e. The zero-order valence-electron chi connectivity index (χ0n) is 12.6. The van der Waals surface area contributed by atoms with E-state index < -0.39 is 11.9 Å². The van der Waals surface area contributed by atoms with Crippen LogP contribution >= 0.6 is 0 Å². The van der Waals surface area contributed by atoms with Crippen LogP contribution in [0.2, 0.25) is 0 Å². The molecule has 5 nitrogen and oxygen atoms in total. The van der Waals surface area contributed by atoms with Gasteiger partial charge in [-0.15, -0.1) is 0 Å². The van der Waals surface area contributed by atoms with Crippen LogP contribution in [0.15, 0.2) is 48.5 Å². The van der Waals surface area contributed by atoms with E-state index in [9.17, 15) is 9.59 Å². The highest BCUT2D eigenvalue weighted by Gasteiger charge is 2.30. The molecule has 0 spiro atoms. The number of hydrogen-bond acceptors (Lipinski definition) is 3. The number of primary amides is 1. The number of nitrogens with zero attached hydrogens (tertiary/aromatic N) is 1. The third-order valence-corrected chi connectivity index (χ3v) is 3.93. The van der Waals surface area contributed by atoms with Crippen molar-refractivity contribution in [1.82, 2.24) is 4.90 Å². The van der Waals surface area contributed by atoms with E-state index in [0.717, 1.165) is 16.3 Å².